The standard InChI is InChI=1S/C11H9F.C3H4O.CH3Cl.CH2O/c1-8-6-7-11(12)10-5-3-2-4-9(8)10;1-2-3-4;2*1-2/h2-7H,1H3;2H,1H3;1H3;1H2. The second-order valence-corrected chi connectivity index (χ2v) is 3.32. The Hall–Kier alpha value is -1.96. The van der Waals surface area contributed by atoms with E-state index in [1.165, 1.54) is 18.5 Å². The maximum Gasteiger partial charge on any atom is 0.131 e. The summed E-state index contributed by atoms with van der Waals surface area (Å²) in [7, 11) is 0. The highest BCUT2D eigenvalue weighted by atomic mass is 35.5. The molecule has 0 fully saturated rings. The number of halogens is 2. The van der Waals surface area contributed by atoms with Crippen LogP contribution in [0.15, 0.2) is 42.5 Å². The van der Waals surface area contributed by atoms with E-state index < -0.39 is 0 Å². The van der Waals surface area contributed by atoms with Crippen molar-refractivity contribution in [3.8, 4) is 0 Å². The molecule has 0 heterocycles. The van der Waals surface area contributed by atoms with E-state index in [2.05, 4.69) is 11.6 Å². The zero-order valence-electron chi connectivity index (χ0n) is 11.8. The first-order chi connectivity index (χ1) is 9.70. The van der Waals surface area contributed by atoms with E-state index >= 15 is 0 Å². The van der Waals surface area contributed by atoms with Crippen molar-refractivity contribution in [2.24, 2.45) is 0 Å². The summed E-state index contributed by atoms with van der Waals surface area (Å²) in [5.74, 6) is 1.41. The number of fused-ring (bicyclic) bond motifs is 1. The molecule has 2 rings (SSSR count). The molecule has 0 aliphatic rings. The lowest BCUT2D eigenvalue weighted by Gasteiger charge is -2.01. The fraction of sp³-hybridized carbons (Fsp3) is 0.188. The molecule has 0 aromatic heterocycles. The number of alkyl halides is 1. The van der Waals surface area contributed by atoms with Crippen molar-refractivity contribution in [2.45, 2.75) is 13.8 Å². The highest BCUT2D eigenvalue weighted by Gasteiger charge is 2.00. The number of carbonyl (C=O) groups is 1. The van der Waals surface area contributed by atoms with Crippen LogP contribution in [0.5, 0.6) is 0 Å². The molecule has 0 saturated carbocycles. The zero-order chi connectivity index (χ0) is 16.0. The highest BCUT2D eigenvalue weighted by molar-refractivity contribution is 6.15. The maximum absolute atomic E-state index is 13.2. The van der Waals surface area contributed by atoms with Crippen LogP contribution in [0.25, 0.3) is 10.8 Å². The van der Waals surface area contributed by atoms with Crippen LogP contribution >= 0.6 is 11.6 Å². The minimum Gasteiger partial charge on any atom is -0.307 e. The Kier molecular flexibility index (Phi) is 13.7. The van der Waals surface area contributed by atoms with Crippen molar-refractivity contribution >= 4 is 35.1 Å². The summed E-state index contributed by atoms with van der Waals surface area (Å²) in [6, 6.07) is 10.8. The molecule has 2 aromatic rings. The lowest BCUT2D eigenvalue weighted by atomic mass is 10.1. The quantitative estimate of drug-likeness (QED) is 0.535. The van der Waals surface area contributed by atoms with Crippen LogP contribution in [0.2, 0.25) is 0 Å². The summed E-state index contributed by atoms with van der Waals surface area (Å²) in [5.41, 5.74) is 1.12. The molecule has 0 amide bonds. The minimum absolute atomic E-state index is 0.142. The summed E-state index contributed by atoms with van der Waals surface area (Å²) in [5, 5.41) is 1.70. The van der Waals surface area contributed by atoms with Gasteiger partial charge in [-0.3, -0.25) is 0 Å². The van der Waals surface area contributed by atoms with Crippen molar-refractivity contribution in [2.75, 3.05) is 6.38 Å². The van der Waals surface area contributed by atoms with E-state index in [0.717, 1.165) is 10.9 Å². The molecule has 2 aromatic carbocycles. The Balaban J connectivity index is 0. The van der Waals surface area contributed by atoms with Gasteiger partial charge in [-0.1, -0.05) is 30.3 Å². The first kappa shape index (κ1) is 20.4. The smallest absolute Gasteiger partial charge is 0.131 e. The Morgan fingerprint density at radius 3 is 1.95 bits per heavy atom. The van der Waals surface area contributed by atoms with E-state index in [-0.39, 0.29) is 5.82 Å². The summed E-state index contributed by atoms with van der Waals surface area (Å²) < 4.78 is 13.2. The average molecular weight is 297 g/mol. The van der Waals surface area contributed by atoms with Crippen molar-refractivity contribution < 1.29 is 14.0 Å². The molecular weight excluding hydrogens is 279 g/mol. The Labute approximate surface area is 123 Å². The second-order valence-electron chi connectivity index (χ2n) is 3.32. The molecule has 20 heavy (non-hydrogen) atoms. The lowest BCUT2D eigenvalue weighted by molar-refractivity contribution is -0.0979. The van der Waals surface area contributed by atoms with Gasteiger partial charge in [0.05, 0.1) is 0 Å². The molecule has 0 saturated heterocycles. The van der Waals surface area contributed by atoms with Gasteiger partial charge in [0.25, 0.3) is 0 Å². The van der Waals surface area contributed by atoms with Crippen molar-refractivity contribution in [1.29, 1.82) is 0 Å². The zero-order valence-corrected chi connectivity index (χ0v) is 12.6. The van der Waals surface area contributed by atoms with E-state index in [1.54, 1.807) is 25.0 Å². The maximum atomic E-state index is 13.2. The first-order valence-electron chi connectivity index (χ1n) is 5.66. The van der Waals surface area contributed by atoms with Gasteiger partial charge >= 0.3 is 0 Å². The van der Waals surface area contributed by atoms with Gasteiger partial charge in [0.15, 0.2) is 0 Å². The molecule has 4 heteroatoms. The van der Waals surface area contributed by atoms with E-state index in [9.17, 15) is 4.39 Å². The summed E-state index contributed by atoms with van der Waals surface area (Å²) >= 11 is 4.64. The van der Waals surface area contributed by atoms with Gasteiger partial charge in [-0.15, -0.1) is 11.6 Å². The van der Waals surface area contributed by atoms with E-state index in [0.29, 0.717) is 5.39 Å². The highest BCUT2D eigenvalue weighted by Crippen LogP contribution is 2.20. The number of hydrogen-bond acceptors (Lipinski definition) is 2. The SMILES string of the molecule is C=O.CC=C=O.CCl.Cc1ccc(F)c2ccccc12. The molecule has 0 atom stereocenters. The molecule has 0 aliphatic carbocycles. The van der Waals surface area contributed by atoms with Crippen LogP contribution < -0.4 is 0 Å². The Morgan fingerprint density at radius 1 is 1.10 bits per heavy atom. The molecular formula is C16H18ClFO2. The molecule has 0 radical (unpaired) electrons. The van der Waals surface area contributed by atoms with Gasteiger partial charge in [0, 0.05) is 11.8 Å². The molecule has 0 aliphatic heterocycles. The number of aryl methyl sites for hydroxylation is 1. The number of benzene rings is 2. The lowest BCUT2D eigenvalue weighted by Crippen LogP contribution is -1.81. The van der Waals surface area contributed by atoms with Crippen LogP contribution in [0, 0.1) is 12.7 Å². The van der Waals surface area contributed by atoms with Crippen LogP contribution in [0.4, 0.5) is 4.39 Å². The summed E-state index contributed by atoms with van der Waals surface area (Å²) in [4.78, 5) is 17.0. The minimum atomic E-state index is -0.142. The van der Waals surface area contributed by atoms with Gasteiger partial charge in [0.2, 0.25) is 0 Å². The van der Waals surface area contributed by atoms with Gasteiger partial charge in [-0.25, -0.2) is 9.18 Å². The Bertz CT molecular complexity index is 509. The van der Waals surface area contributed by atoms with Gasteiger partial charge < -0.3 is 4.79 Å². The third-order valence-electron chi connectivity index (χ3n) is 2.21. The van der Waals surface area contributed by atoms with Gasteiger partial charge in [-0.2, -0.15) is 0 Å². The summed E-state index contributed by atoms with van der Waals surface area (Å²) in [6.45, 7) is 5.62. The largest absolute Gasteiger partial charge is 0.307 e. The number of allylic oxidation sites excluding steroid dienone is 1. The third kappa shape index (κ3) is 6.83. The third-order valence-corrected chi connectivity index (χ3v) is 2.21. The summed E-state index contributed by atoms with van der Waals surface area (Å²) in [6.07, 6.45) is 2.79. The van der Waals surface area contributed by atoms with Crippen LogP contribution in [-0.2, 0) is 9.59 Å². The van der Waals surface area contributed by atoms with E-state index in [1.807, 2.05) is 31.9 Å². The molecule has 2 nitrogen and oxygen atoms in total. The van der Waals surface area contributed by atoms with Crippen molar-refractivity contribution in [3.05, 3.63) is 53.9 Å². The monoisotopic (exact) mass is 296 g/mol. The van der Waals surface area contributed by atoms with Crippen LogP contribution in [-0.4, -0.2) is 19.1 Å². The fourth-order valence-electron chi connectivity index (χ4n) is 1.41. The Morgan fingerprint density at radius 2 is 1.55 bits per heavy atom. The first-order valence-corrected chi connectivity index (χ1v) is 6.42. The number of hydrogen-bond donors (Lipinski definition) is 0. The van der Waals surface area contributed by atoms with Gasteiger partial charge in [0.1, 0.15) is 18.5 Å². The molecule has 108 valence electrons. The van der Waals surface area contributed by atoms with Crippen LogP contribution in [0.3, 0.4) is 0 Å². The fourth-order valence-corrected chi connectivity index (χ4v) is 1.41. The average Bonchev–Trinajstić information content (AvgIpc) is 2.55. The normalized spacial score (nSPS) is 7.65. The second kappa shape index (κ2) is 13.5. The molecule has 0 spiro atoms. The number of rotatable bonds is 0. The molecule has 0 unspecified atom stereocenters. The molecule has 0 bridgehead atoms. The van der Waals surface area contributed by atoms with E-state index in [4.69, 9.17) is 9.59 Å². The predicted molar refractivity (Wildman–Crippen MR) is 83.5 cm³/mol. The molecule has 0 N–H and O–H groups in total. The predicted octanol–water partition coefficient (Wildman–Crippen LogP) is 4.35. The van der Waals surface area contributed by atoms with Crippen molar-refractivity contribution in [3.63, 3.8) is 0 Å². The van der Waals surface area contributed by atoms with Crippen LogP contribution in [0.1, 0.15) is 12.5 Å². The van der Waals surface area contributed by atoms with Gasteiger partial charge in [-0.05, 0) is 36.9 Å². The number of carbonyl (C=O) groups excluding carboxylic acids is 2. The van der Waals surface area contributed by atoms with Crippen molar-refractivity contribution in [1.82, 2.24) is 0 Å². The topological polar surface area (TPSA) is 34.1 Å².